The molecule has 16 heavy (non-hydrogen) atoms. The summed E-state index contributed by atoms with van der Waals surface area (Å²) in [4.78, 5) is 0. The van der Waals surface area contributed by atoms with Crippen LogP contribution in [0.1, 0.15) is 0 Å². The monoisotopic (exact) mass is 228 g/mol. The average Bonchev–Trinajstić information content (AvgIpc) is 2.27. The van der Waals surface area contributed by atoms with E-state index in [0.29, 0.717) is 17.2 Å². The van der Waals surface area contributed by atoms with Crippen molar-refractivity contribution in [3.8, 4) is 23.0 Å². The van der Waals surface area contributed by atoms with Gasteiger partial charge in [0.2, 0.25) is 0 Å². The third-order valence-corrected chi connectivity index (χ3v) is 1.90. The summed E-state index contributed by atoms with van der Waals surface area (Å²) in [6.45, 7) is 0. The summed E-state index contributed by atoms with van der Waals surface area (Å²) in [5.74, 6) is 1.32. The fraction of sp³-hybridized carbons (Fsp3) is 0.333. The average molecular weight is 228 g/mol. The van der Waals surface area contributed by atoms with Gasteiger partial charge in [0, 0.05) is 12.1 Å². The molecule has 0 atom stereocenters. The predicted molar refractivity (Wildman–Crippen MR) is 56.9 cm³/mol. The zero-order valence-electron chi connectivity index (χ0n) is 9.26. The van der Waals surface area contributed by atoms with E-state index in [4.69, 9.17) is 28.9 Å². The van der Waals surface area contributed by atoms with E-state index in [0.717, 1.165) is 0 Å². The van der Waals surface area contributed by atoms with Gasteiger partial charge in [0.15, 0.2) is 17.2 Å². The Bertz CT molecular complexity index is 354. The molecule has 0 spiro atoms. The first-order chi connectivity index (χ1) is 7.62. The van der Waals surface area contributed by atoms with Crippen molar-refractivity contribution in [2.75, 3.05) is 21.3 Å². The molecule has 88 valence electrons. The molecule has 0 unspecified atom stereocenters. The van der Waals surface area contributed by atoms with Crippen LogP contribution in [0.4, 0.5) is 0 Å². The molecular formula is C9H13BO6. The second kappa shape index (κ2) is 5.48. The molecular weight excluding hydrogens is 215 g/mol. The minimum atomic E-state index is -1.92. The molecule has 1 aromatic rings. The number of hydrogen-bond acceptors (Lipinski definition) is 6. The van der Waals surface area contributed by atoms with E-state index in [1.54, 1.807) is 0 Å². The van der Waals surface area contributed by atoms with Gasteiger partial charge in [-0.1, -0.05) is 0 Å². The molecule has 1 aromatic carbocycles. The van der Waals surface area contributed by atoms with Crippen LogP contribution in [0.2, 0.25) is 0 Å². The van der Waals surface area contributed by atoms with Gasteiger partial charge in [0.25, 0.3) is 0 Å². The van der Waals surface area contributed by atoms with Gasteiger partial charge >= 0.3 is 7.32 Å². The quantitative estimate of drug-likeness (QED) is 0.694. The van der Waals surface area contributed by atoms with Gasteiger partial charge in [-0.05, 0) is 0 Å². The van der Waals surface area contributed by atoms with Crippen molar-refractivity contribution in [2.24, 2.45) is 0 Å². The van der Waals surface area contributed by atoms with Crippen LogP contribution in [0.5, 0.6) is 23.0 Å². The Kier molecular flexibility index (Phi) is 4.27. The molecule has 0 fully saturated rings. The Labute approximate surface area is 93.5 Å². The van der Waals surface area contributed by atoms with Gasteiger partial charge in [-0.2, -0.15) is 0 Å². The van der Waals surface area contributed by atoms with Crippen molar-refractivity contribution in [1.29, 1.82) is 0 Å². The first kappa shape index (κ1) is 12.5. The SMILES string of the molecule is COc1cc(OC)c(OB(O)O)cc1OC. The van der Waals surface area contributed by atoms with Gasteiger partial charge in [0.1, 0.15) is 5.75 Å². The Hall–Kier alpha value is -1.60. The molecule has 7 heteroatoms. The maximum atomic E-state index is 8.72. The van der Waals surface area contributed by atoms with Crippen LogP contribution < -0.4 is 18.9 Å². The highest BCUT2D eigenvalue weighted by atomic mass is 16.6. The fourth-order valence-electron chi connectivity index (χ4n) is 1.21. The normalized spacial score (nSPS) is 9.56. The first-order valence-electron chi connectivity index (χ1n) is 4.45. The maximum absolute atomic E-state index is 8.72. The summed E-state index contributed by atoms with van der Waals surface area (Å²) in [6, 6.07) is 2.97. The van der Waals surface area contributed by atoms with Crippen LogP contribution in [0.3, 0.4) is 0 Å². The van der Waals surface area contributed by atoms with Crippen molar-refractivity contribution in [1.82, 2.24) is 0 Å². The lowest BCUT2D eigenvalue weighted by Gasteiger charge is -2.14. The second-order valence-corrected chi connectivity index (χ2v) is 2.80. The Morgan fingerprint density at radius 1 is 0.812 bits per heavy atom. The maximum Gasteiger partial charge on any atom is 0.707 e. The van der Waals surface area contributed by atoms with E-state index >= 15 is 0 Å². The van der Waals surface area contributed by atoms with Gasteiger partial charge in [-0.15, -0.1) is 0 Å². The van der Waals surface area contributed by atoms with E-state index < -0.39 is 7.32 Å². The van der Waals surface area contributed by atoms with Crippen LogP contribution in [-0.4, -0.2) is 38.7 Å². The molecule has 0 bridgehead atoms. The third kappa shape index (κ3) is 2.71. The number of benzene rings is 1. The zero-order chi connectivity index (χ0) is 12.1. The number of rotatable bonds is 5. The molecule has 0 amide bonds. The molecule has 2 N–H and O–H groups in total. The van der Waals surface area contributed by atoms with Crippen molar-refractivity contribution < 1.29 is 28.9 Å². The summed E-state index contributed by atoms with van der Waals surface area (Å²) >= 11 is 0. The van der Waals surface area contributed by atoms with Crippen LogP contribution in [-0.2, 0) is 0 Å². The Morgan fingerprint density at radius 2 is 1.19 bits per heavy atom. The second-order valence-electron chi connectivity index (χ2n) is 2.80. The highest BCUT2D eigenvalue weighted by Gasteiger charge is 2.18. The molecule has 0 aromatic heterocycles. The van der Waals surface area contributed by atoms with Gasteiger partial charge < -0.3 is 28.9 Å². The fourth-order valence-corrected chi connectivity index (χ4v) is 1.21. The molecule has 0 aliphatic rings. The van der Waals surface area contributed by atoms with Crippen molar-refractivity contribution in [2.45, 2.75) is 0 Å². The largest absolute Gasteiger partial charge is 0.707 e. The molecule has 0 aliphatic carbocycles. The van der Waals surface area contributed by atoms with Crippen LogP contribution >= 0.6 is 0 Å². The number of ether oxygens (including phenoxy) is 3. The number of hydrogen-bond donors (Lipinski definition) is 2. The van der Waals surface area contributed by atoms with Crippen LogP contribution in [0.25, 0.3) is 0 Å². The van der Waals surface area contributed by atoms with Crippen LogP contribution in [0.15, 0.2) is 12.1 Å². The summed E-state index contributed by atoms with van der Waals surface area (Å²) in [6.07, 6.45) is 0. The van der Waals surface area contributed by atoms with Crippen molar-refractivity contribution >= 4 is 7.32 Å². The number of methoxy groups -OCH3 is 3. The molecule has 0 heterocycles. The summed E-state index contributed by atoms with van der Waals surface area (Å²) < 4.78 is 19.8. The summed E-state index contributed by atoms with van der Waals surface area (Å²) in [5.41, 5.74) is 0. The summed E-state index contributed by atoms with van der Waals surface area (Å²) in [7, 11) is 2.45. The smallest absolute Gasteiger partial charge is 0.509 e. The van der Waals surface area contributed by atoms with E-state index in [2.05, 4.69) is 0 Å². The van der Waals surface area contributed by atoms with Gasteiger partial charge in [0.05, 0.1) is 21.3 Å². The molecule has 0 saturated carbocycles. The van der Waals surface area contributed by atoms with E-state index in [1.807, 2.05) is 0 Å². The standard InChI is InChI=1S/C9H13BO6/c1-13-6-4-8(15-3)9(16-10(11)12)5-7(6)14-2/h4-5,11-12H,1-3H3. The Balaban J connectivity index is 3.15. The van der Waals surface area contributed by atoms with E-state index in [-0.39, 0.29) is 5.75 Å². The zero-order valence-corrected chi connectivity index (χ0v) is 9.26. The molecule has 0 radical (unpaired) electrons. The lowest BCUT2D eigenvalue weighted by Crippen LogP contribution is -2.21. The summed E-state index contributed by atoms with van der Waals surface area (Å²) in [5, 5.41) is 17.4. The lowest BCUT2D eigenvalue weighted by molar-refractivity contribution is 0.276. The first-order valence-corrected chi connectivity index (χ1v) is 4.45. The minimum absolute atomic E-state index is 0.148. The van der Waals surface area contributed by atoms with Crippen LogP contribution in [0, 0.1) is 0 Å². The topological polar surface area (TPSA) is 77.4 Å². The minimum Gasteiger partial charge on any atom is -0.509 e. The third-order valence-electron chi connectivity index (χ3n) is 1.90. The predicted octanol–water partition coefficient (Wildman–Crippen LogP) is 0.0607. The van der Waals surface area contributed by atoms with Gasteiger partial charge in [-0.3, -0.25) is 0 Å². The molecule has 0 saturated heterocycles. The Morgan fingerprint density at radius 3 is 1.56 bits per heavy atom. The highest BCUT2D eigenvalue weighted by Crippen LogP contribution is 2.39. The highest BCUT2D eigenvalue weighted by molar-refractivity contribution is 6.33. The van der Waals surface area contributed by atoms with E-state index in [1.165, 1.54) is 33.5 Å². The molecule has 1 rings (SSSR count). The van der Waals surface area contributed by atoms with E-state index in [9.17, 15) is 0 Å². The lowest BCUT2D eigenvalue weighted by atomic mass is 10.2. The van der Waals surface area contributed by atoms with Gasteiger partial charge in [-0.25, -0.2) is 0 Å². The molecule has 6 nitrogen and oxygen atoms in total. The van der Waals surface area contributed by atoms with Crippen molar-refractivity contribution in [3.63, 3.8) is 0 Å². The van der Waals surface area contributed by atoms with Crippen molar-refractivity contribution in [3.05, 3.63) is 12.1 Å². The molecule has 0 aliphatic heterocycles.